The molecule has 0 fully saturated rings. The zero-order valence-corrected chi connectivity index (χ0v) is 19.4. The van der Waals surface area contributed by atoms with Crippen LogP contribution in [0.15, 0.2) is 108 Å². The summed E-state index contributed by atoms with van der Waals surface area (Å²) in [7, 11) is 2.71. The minimum atomic E-state index is -0.740. The third-order valence-electron chi connectivity index (χ3n) is 5.03. The lowest BCUT2D eigenvalue weighted by molar-refractivity contribution is 0.414. The van der Waals surface area contributed by atoms with Gasteiger partial charge in [0.2, 0.25) is 0 Å². The highest BCUT2D eigenvalue weighted by molar-refractivity contribution is 7.98. The van der Waals surface area contributed by atoms with Crippen LogP contribution in [0.1, 0.15) is 5.56 Å². The van der Waals surface area contributed by atoms with Gasteiger partial charge in [-0.1, -0.05) is 72.8 Å². The van der Waals surface area contributed by atoms with Gasteiger partial charge in [0.25, 0.3) is 0 Å². The molecule has 2 nitrogen and oxygen atoms in total. The third kappa shape index (κ3) is 5.12. The van der Waals surface area contributed by atoms with Crippen molar-refractivity contribution in [2.24, 2.45) is 0 Å². The molecule has 0 N–H and O–H groups in total. The molecule has 0 aliphatic rings. The van der Waals surface area contributed by atoms with E-state index in [9.17, 15) is 0 Å². The molecule has 156 valence electrons. The average molecular weight is 445 g/mol. The SMILES string of the molecule is COc1ccc(SCc2ccccc2P(c2ccccc2)c2ccccc2OC)cc1. The zero-order chi connectivity index (χ0) is 21.5. The molecule has 0 bridgehead atoms. The fraction of sp³-hybridized carbons (Fsp3) is 0.111. The molecule has 4 rings (SSSR count). The van der Waals surface area contributed by atoms with Crippen LogP contribution in [0.5, 0.6) is 11.5 Å². The third-order valence-corrected chi connectivity index (χ3v) is 8.67. The summed E-state index contributed by atoms with van der Waals surface area (Å²) >= 11 is 1.85. The molecule has 0 aliphatic carbocycles. The summed E-state index contributed by atoms with van der Waals surface area (Å²) in [5.74, 6) is 2.73. The van der Waals surface area contributed by atoms with Crippen molar-refractivity contribution in [1.29, 1.82) is 0 Å². The molecule has 0 saturated carbocycles. The Kier molecular flexibility index (Phi) is 7.30. The Labute approximate surface area is 190 Å². The molecule has 1 atom stereocenters. The fourth-order valence-electron chi connectivity index (χ4n) is 3.48. The number of benzene rings is 4. The van der Waals surface area contributed by atoms with Gasteiger partial charge in [-0.2, -0.15) is 0 Å². The number of thioether (sulfide) groups is 1. The molecule has 31 heavy (non-hydrogen) atoms. The molecule has 0 heterocycles. The summed E-state index contributed by atoms with van der Waals surface area (Å²) in [5.41, 5.74) is 1.35. The normalized spacial score (nSPS) is 11.7. The first-order chi connectivity index (χ1) is 15.3. The van der Waals surface area contributed by atoms with Crippen LogP contribution in [0.25, 0.3) is 0 Å². The van der Waals surface area contributed by atoms with Gasteiger partial charge in [0.15, 0.2) is 0 Å². The van der Waals surface area contributed by atoms with E-state index in [0.29, 0.717) is 0 Å². The molecule has 4 aromatic carbocycles. The van der Waals surface area contributed by atoms with E-state index >= 15 is 0 Å². The molecule has 1 unspecified atom stereocenters. The minimum Gasteiger partial charge on any atom is -0.497 e. The van der Waals surface area contributed by atoms with Crippen LogP contribution in [-0.2, 0) is 5.75 Å². The number of para-hydroxylation sites is 1. The van der Waals surface area contributed by atoms with Gasteiger partial charge in [0, 0.05) is 16.0 Å². The Bertz CT molecular complexity index is 1110. The lowest BCUT2D eigenvalue weighted by atomic mass is 10.2. The number of hydrogen-bond acceptors (Lipinski definition) is 3. The Hall–Kier alpha value is -2.74. The van der Waals surface area contributed by atoms with Crippen molar-refractivity contribution in [3.05, 3.63) is 109 Å². The summed E-state index contributed by atoms with van der Waals surface area (Å²) in [5, 5.41) is 3.94. The summed E-state index contributed by atoms with van der Waals surface area (Å²) < 4.78 is 11.0. The van der Waals surface area contributed by atoms with Crippen molar-refractivity contribution in [3.8, 4) is 11.5 Å². The van der Waals surface area contributed by atoms with Crippen molar-refractivity contribution >= 4 is 35.6 Å². The monoisotopic (exact) mass is 444 g/mol. The molecule has 0 spiro atoms. The van der Waals surface area contributed by atoms with E-state index < -0.39 is 7.92 Å². The van der Waals surface area contributed by atoms with Crippen molar-refractivity contribution in [3.63, 3.8) is 0 Å². The van der Waals surface area contributed by atoms with Gasteiger partial charge >= 0.3 is 0 Å². The molecule has 0 amide bonds. The largest absolute Gasteiger partial charge is 0.497 e. The van der Waals surface area contributed by atoms with E-state index in [1.165, 1.54) is 26.4 Å². The Balaban J connectivity index is 1.72. The van der Waals surface area contributed by atoms with Crippen LogP contribution in [0, 0.1) is 0 Å². The topological polar surface area (TPSA) is 18.5 Å². The first kappa shape index (κ1) is 21.5. The van der Waals surface area contributed by atoms with Crippen molar-refractivity contribution in [1.82, 2.24) is 0 Å². The van der Waals surface area contributed by atoms with E-state index in [1.54, 1.807) is 14.2 Å². The van der Waals surface area contributed by atoms with Gasteiger partial charge in [0.1, 0.15) is 11.5 Å². The first-order valence-electron chi connectivity index (χ1n) is 10.1. The molecular weight excluding hydrogens is 419 g/mol. The van der Waals surface area contributed by atoms with Crippen molar-refractivity contribution < 1.29 is 9.47 Å². The second-order valence-corrected chi connectivity index (χ2v) is 10.1. The van der Waals surface area contributed by atoms with Gasteiger partial charge in [-0.25, -0.2) is 0 Å². The second kappa shape index (κ2) is 10.5. The summed E-state index contributed by atoms with van der Waals surface area (Å²) in [4.78, 5) is 1.23. The molecule has 4 heteroatoms. The number of rotatable bonds is 8. The number of methoxy groups -OCH3 is 2. The Morgan fingerprint density at radius 2 is 1.29 bits per heavy atom. The molecule has 0 aliphatic heterocycles. The lowest BCUT2D eigenvalue weighted by Gasteiger charge is -2.24. The molecule has 4 aromatic rings. The first-order valence-corrected chi connectivity index (χ1v) is 12.5. The highest BCUT2D eigenvalue weighted by Gasteiger charge is 2.22. The Morgan fingerprint density at radius 3 is 2.00 bits per heavy atom. The van der Waals surface area contributed by atoms with Crippen LogP contribution in [0.2, 0.25) is 0 Å². The predicted octanol–water partition coefficient (Wildman–Crippen LogP) is 5.75. The number of hydrogen-bond donors (Lipinski definition) is 0. The van der Waals surface area contributed by atoms with Gasteiger partial charge in [-0.05, 0) is 54.4 Å². The predicted molar refractivity (Wildman–Crippen MR) is 134 cm³/mol. The van der Waals surface area contributed by atoms with Gasteiger partial charge < -0.3 is 9.47 Å². The highest BCUT2D eigenvalue weighted by Crippen LogP contribution is 2.38. The van der Waals surface area contributed by atoms with E-state index in [-0.39, 0.29) is 0 Å². The average Bonchev–Trinajstić information content (AvgIpc) is 2.85. The Morgan fingerprint density at radius 1 is 0.645 bits per heavy atom. The summed E-state index contributed by atoms with van der Waals surface area (Å²) in [6, 6.07) is 36.2. The maximum Gasteiger partial charge on any atom is 0.127 e. The molecule has 0 radical (unpaired) electrons. The lowest BCUT2D eigenvalue weighted by Crippen LogP contribution is -2.24. The molecule has 0 aromatic heterocycles. The van der Waals surface area contributed by atoms with Crippen LogP contribution >= 0.6 is 19.7 Å². The van der Waals surface area contributed by atoms with Gasteiger partial charge in [-0.3, -0.25) is 0 Å². The van der Waals surface area contributed by atoms with Crippen LogP contribution in [-0.4, -0.2) is 14.2 Å². The fourth-order valence-corrected chi connectivity index (χ4v) is 7.08. The van der Waals surface area contributed by atoms with E-state index in [1.807, 2.05) is 30.0 Å². The molecule has 0 saturated heterocycles. The van der Waals surface area contributed by atoms with Crippen LogP contribution in [0.4, 0.5) is 0 Å². The van der Waals surface area contributed by atoms with Crippen molar-refractivity contribution in [2.45, 2.75) is 10.6 Å². The van der Waals surface area contributed by atoms with Gasteiger partial charge in [0.05, 0.1) is 14.2 Å². The highest BCUT2D eigenvalue weighted by atomic mass is 32.2. The minimum absolute atomic E-state index is 0.740. The molecular formula is C27H25O2PS. The zero-order valence-electron chi connectivity index (χ0n) is 17.7. The maximum atomic E-state index is 5.76. The second-order valence-electron chi connectivity index (χ2n) is 6.94. The van der Waals surface area contributed by atoms with Crippen LogP contribution in [0.3, 0.4) is 0 Å². The number of ether oxygens (including phenoxy) is 2. The smallest absolute Gasteiger partial charge is 0.127 e. The van der Waals surface area contributed by atoms with E-state index in [4.69, 9.17) is 9.47 Å². The maximum absolute atomic E-state index is 5.76. The van der Waals surface area contributed by atoms with Crippen molar-refractivity contribution in [2.75, 3.05) is 14.2 Å². The van der Waals surface area contributed by atoms with Gasteiger partial charge in [-0.15, -0.1) is 11.8 Å². The standard InChI is InChI=1S/C27H25O2PS/c1-28-22-16-18-24(19-17-22)31-20-21-10-6-8-14-26(21)30(23-11-4-3-5-12-23)27-15-9-7-13-25(27)29-2/h3-19H,20H2,1-2H3. The van der Waals surface area contributed by atoms with E-state index in [0.717, 1.165) is 17.3 Å². The van der Waals surface area contributed by atoms with E-state index in [2.05, 4.69) is 84.9 Å². The van der Waals surface area contributed by atoms with Crippen LogP contribution < -0.4 is 25.4 Å². The summed E-state index contributed by atoms with van der Waals surface area (Å²) in [6.45, 7) is 0. The quantitative estimate of drug-likeness (QED) is 0.255. The summed E-state index contributed by atoms with van der Waals surface area (Å²) in [6.07, 6.45) is 0.